The van der Waals surface area contributed by atoms with Gasteiger partial charge in [0.15, 0.2) is 17.3 Å². The molecular formula is C22H24FN9O. The van der Waals surface area contributed by atoms with Gasteiger partial charge < -0.3 is 15.3 Å². The van der Waals surface area contributed by atoms with Gasteiger partial charge >= 0.3 is 0 Å². The average Bonchev–Trinajstić information content (AvgIpc) is 3.39. The lowest BCUT2D eigenvalue weighted by atomic mass is 9.82. The second kappa shape index (κ2) is 7.45. The van der Waals surface area contributed by atoms with Crippen molar-refractivity contribution < 1.29 is 9.50 Å². The molecule has 4 heterocycles. The number of nitrogens with one attached hydrogen (secondary N) is 1. The minimum atomic E-state index is -1.05. The fourth-order valence-electron chi connectivity index (χ4n) is 5.05. The summed E-state index contributed by atoms with van der Waals surface area (Å²) in [6.07, 6.45) is 4.38. The van der Waals surface area contributed by atoms with Crippen LogP contribution in [0.4, 0.5) is 10.2 Å². The minimum Gasteiger partial charge on any atom is -0.507 e. The molecule has 33 heavy (non-hydrogen) atoms. The Labute approximate surface area is 190 Å². The molecule has 2 fully saturated rings. The van der Waals surface area contributed by atoms with E-state index in [4.69, 9.17) is 5.26 Å². The van der Waals surface area contributed by atoms with Crippen LogP contribution in [0.1, 0.15) is 38.8 Å². The van der Waals surface area contributed by atoms with Crippen LogP contribution in [0.2, 0.25) is 0 Å². The fraction of sp³-hybridized carbons (Fsp3) is 0.455. The molecule has 3 aromatic rings. The van der Waals surface area contributed by atoms with Crippen molar-refractivity contribution in [3.05, 3.63) is 36.3 Å². The van der Waals surface area contributed by atoms with Crippen LogP contribution in [0, 0.1) is 11.3 Å². The molecule has 1 aromatic carbocycles. The van der Waals surface area contributed by atoms with Gasteiger partial charge in [0, 0.05) is 24.2 Å². The Morgan fingerprint density at radius 1 is 1.27 bits per heavy atom. The number of nitriles is 1. The van der Waals surface area contributed by atoms with Crippen LogP contribution in [-0.4, -0.2) is 65.6 Å². The third-order valence-corrected chi connectivity index (χ3v) is 6.89. The number of anilines is 1. The number of rotatable bonds is 4. The number of fused-ring (bicyclic) bond motifs is 2. The van der Waals surface area contributed by atoms with Gasteiger partial charge in [-0.2, -0.15) is 5.26 Å². The van der Waals surface area contributed by atoms with Crippen LogP contribution < -0.4 is 10.2 Å². The topological polar surface area (TPSA) is 129 Å². The van der Waals surface area contributed by atoms with Gasteiger partial charge in [-0.05, 0) is 45.2 Å². The number of aromatic hydroxyl groups is 1. The second-order valence-electron chi connectivity index (χ2n) is 9.39. The predicted molar refractivity (Wildman–Crippen MR) is 117 cm³/mol. The Morgan fingerprint density at radius 3 is 2.76 bits per heavy atom. The van der Waals surface area contributed by atoms with Crippen LogP contribution in [0.25, 0.3) is 17.1 Å². The second-order valence-corrected chi connectivity index (χ2v) is 9.39. The largest absolute Gasteiger partial charge is 0.507 e. The van der Waals surface area contributed by atoms with Crippen molar-refractivity contribution in [3.63, 3.8) is 0 Å². The van der Waals surface area contributed by atoms with E-state index < -0.39 is 11.7 Å². The molecule has 2 N–H and O–H groups in total. The van der Waals surface area contributed by atoms with Gasteiger partial charge in [-0.1, -0.05) is 5.21 Å². The average molecular weight is 449 g/mol. The third kappa shape index (κ3) is 3.56. The lowest BCUT2D eigenvalue weighted by Crippen LogP contribution is -2.65. The molecule has 0 unspecified atom stereocenters. The van der Waals surface area contributed by atoms with Crippen molar-refractivity contribution in [2.75, 3.05) is 11.9 Å². The number of hydrogen-bond acceptors (Lipinski definition) is 9. The number of nitrogens with zero attached hydrogens (tertiary/aromatic N) is 8. The number of piperidine rings is 1. The monoisotopic (exact) mass is 449 g/mol. The Morgan fingerprint density at radius 2 is 2.09 bits per heavy atom. The summed E-state index contributed by atoms with van der Waals surface area (Å²) in [5, 5.41) is 38.9. The van der Waals surface area contributed by atoms with Crippen LogP contribution in [-0.2, 0) is 0 Å². The maximum Gasteiger partial charge on any atom is 0.185 e. The molecule has 0 radical (unpaired) electrons. The summed E-state index contributed by atoms with van der Waals surface area (Å²) in [4.78, 5) is 6.18. The number of alkyl halides is 1. The third-order valence-electron chi connectivity index (χ3n) is 6.89. The van der Waals surface area contributed by atoms with Gasteiger partial charge in [0.2, 0.25) is 0 Å². The summed E-state index contributed by atoms with van der Waals surface area (Å²) < 4.78 is 16.8. The molecular weight excluding hydrogens is 425 g/mol. The highest BCUT2D eigenvalue weighted by molar-refractivity contribution is 5.66. The van der Waals surface area contributed by atoms with E-state index in [1.54, 1.807) is 18.3 Å². The first kappa shape index (κ1) is 21.2. The first-order valence-electron chi connectivity index (χ1n) is 10.7. The summed E-state index contributed by atoms with van der Waals surface area (Å²) in [6, 6.07) is 6.40. The Balaban J connectivity index is 1.37. The van der Waals surface area contributed by atoms with E-state index in [0.717, 1.165) is 12.8 Å². The number of benzene rings is 1. The normalized spacial score (nSPS) is 28.5. The maximum absolute atomic E-state index is 15.4. The van der Waals surface area contributed by atoms with Crippen molar-refractivity contribution >= 4 is 5.82 Å². The fourth-order valence-corrected chi connectivity index (χ4v) is 5.05. The molecule has 0 aliphatic carbocycles. The van der Waals surface area contributed by atoms with Gasteiger partial charge in [0.05, 0.1) is 29.7 Å². The standard InChI is InChI=1S/C22H24FN9O/c1-21-6-7-22(2,29-21)19(23)16(9-21)31(3)18-11-25-20(28-27-18)15-5-4-14(8-17(15)33)32-12-13(10-24)26-30-32/h4-5,8,11-12,16,19,29,33H,6-7,9H2,1-3H3/t16-,19-,21-,22+/m1/s1. The SMILES string of the molecule is CN(c1cnc(-c2ccc(-n3cc(C#N)nn3)cc2O)nn1)[C@@H]1C[C@@]2(C)CC[C@](C)(N2)[C@@H]1F. The summed E-state index contributed by atoms with van der Waals surface area (Å²) in [5.74, 6) is 0.653. The molecule has 0 spiro atoms. The van der Waals surface area contributed by atoms with E-state index >= 15 is 4.39 Å². The highest BCUT2D eigenvalue weighted by atomic mass is 19.1. The quantitative estimate of drug-likeness (QED) is 0.615. The zero-order valence-corrected chi connectivity index (χ0v) is 18.6. The number of phenolic OH excluding ortho intramolecular Hbond substituents is 1. The lowest BCUT2D eigenvalue weighted by molar-refractivity contribution is 0.0859. The van der Waals surface area contributed by atoms with Crippen molar-refractivity contribution in [3.8, 4) is 28.9 Å². The van der Waals surface area contributed by atoms with Crippen molar-refractivity contribution in [2.45, 2.75) is 56.4 Å². The van der Waals surface area contributed by atoms with Crippen LogP contribution >= 0.6 is 0 Å². The van der Waals surface area contributed by atoms with E-state index in [9.17, 15) is 5.11 Å². The smallest absolute Gasteiger partial charge is 0.185 e. The summed E-state index contributed by atoms with van der Waals surface area (Å²) in [6.45, 7) is 4.09. The molecule has 4 atom stereocenters. The number of halogens is 1. The van der Waals surface area contributed by atoms with Gasteiger partial charge in [0.25, 0.3) is 0 Å². The summed E-state index contributed by atoms with van der Waals surface area (Å²) >= 11 is 0. The van der Waals surface area contributed by atoms with Crippen LogP contribution in [0.15, 0.2) is 30.6 Å². The number of aromatic nitrogens is 6. The van der Waals surface area contributed by atoms with Gasteiger partial charge in [-0.15, -0.1) is 15.3 Å². The molecule has 10 nitrogen and oxygen atoms in total. The van der Waals surface area contributed by atoms with Gasteiger partial charge in [-0.25, -0.2) is 14.1 Å². The molecule has 2 aromatic heterocycles. The van der Waals surface area contributed by atoms with E-state index in [1.165, 1.54) is 16.9 Å². The Kier molecular flexibility index (Phi) is 4.79. The number of phenols is 1. The molecule has 170 valence electrons. The van der Waals surface area contributed by atoms with Crippen molar-refractivity contribution in [2.24, 2.45) is 0 Å². The first-order valence-corrected chi connectivity index (χ1v) is 10.7. The summed E-state index contributed by atoms with van der Waals surface area (Å²) in [7, 11) is 1.82. The van der Waals surface area contributed by atoms with Crippen LogP contribution in [0.5, 0.6) is 5.75 Å². The molecule has 2 saturated heterocycles. The molecule has 0 amide bonds. The lowest BCUT2D eigenvalue weighted by Gasteiger charge is -2.47. The van der Waals surface area contributed by atoms with E-state index in [0.29, 0.717) is 23.5 Å². The highest BCUT2D eigenvalue weighted by Crippen LogP contribution is 2.45. The number of hydrogen-bond donors (Lipinski definition) is 2. The zero-order chi connectivity index (χ0) is 23.4. The van der Waals surface area contributed by atoms with Crippen molar-refractivity contribution in [1.29, 1.82) is 5.26 Å². The first-order chi connectivity index (χ1) is 15.7. The molecule has 5 rings (SSSR count). The van der Waals surface area contributed by atoms with E-state index in [1.807, 2.05) is 24.9 Å². The van der Waals surface area contributed by atoms with E-state index in [2.05, 4.69) is 37.7 Å². The Hall–Kier alpha value is -3.65. The molecule has 11 heteroatoms. The van der Waals surface area contributed by atoms with Gasteiger partial charge in [0.1, 0.15) is 18.0 Å². The Bertz CT molecular complexity index is 1240. The highest BCUT2D eigenvalue weighted by Gasteiger charge is 2.56. The molecule has 2 aliphatic heterocycles. The van der Waals surface area contributed by atoms with Crippen molar-refractivity contribution in [1.82, 2.24) is 35.5 Å². The van der Waals surface area contributed by atoms with Gasteiger partial charge in [-0.3, -0.25) is 0 Å². The predicted octanol–water partition coefficient (Wildman–Crippen LogP) is 2.14. The minimum absolute atomic E-state index is 0.0657. The zero-order valence-electron chi connectivity index (χ0n) is 18.6. The van der Waals surface area contributed by atoms with E-state index in [-0.39, 0.29) is 28.8 Å². The molecule has 2 bridgehead atoms. The van der Waals surface area contributed by atoms with Crippen LogP contribution in [0.3, 0.4) is 0 Å². The maximum atomic E-state index is 15.4. The molecule has 2 aliphatic rings. The molecule has 0 saturated carbocycles. The summed E-state index contributed by atoms with van der Waals surface area (Å²) in [5.41, 5.74) is 0.461.